The van der Waals surface area contributed by atoms with Crippen LogP contribution in [0.2, 0.25) is 0 Å². The number of ether oxygens (including phenoxy) is 4. The Bertz CT molecular complexity index is 1090. The first kappa shape index (κ1) is 25.0. The Labute approximate surface area is 204 Å². The number of rotatable bonds is 10. The van der Waals surface area contributed by atoms with E-state index in [9.17, 15) is 9.50 Å². The fourth-order valence-corrected chi connectivity index (χ4v) is 4.05. The third-order valence-corrected chi connectivity index (χ3v) is 5.91. The minimum absolute atomic E-state index is 0.0414. The molecule has 1 saturated heterocycles. The van der Waals surface area contributed by atoms with E-state index in [1.807, 2.05) is 35.9 Å². The lowest BCUT2D eigenvalue weighted by atomic mass is 10.1. The fourth-order valence-electron chi connectivity index (χ4n) is 4.05. The summed E-state index contributed by atoms with van der Waals surface area (Å²) in [4.78, 5) is 6.36. The molecule has 0 radical (unpaired) electrons. The van der Waals surface area contributed by atoms with Crippen molar-refractivity contribution in [3.05, 3.63) is 72.1 Å². The van der Waals surface area contributed by atoms with Gasteiger partial charge in [0.15, 0.2) is 11.5 Å². The number of hydrogen-bond donors (Lipinski definition) is 1. The molecule has 1 aliphatic rings. The first-order valence-corrected chi connectivity index (χ1v) is 11.6. The third kappa shape index (κ3) is 6.94. The Morgan fingerprint density at radius 2 is 1.97 bits per heavy atom. The van der Waals surface area contributed by atoms with E-state index in [1.54, 1.807) is 25.4 Å². The molecule has 0 unspecified atom stereocenters. The van der Waals surface area contributed by atoms with E-state index in [0.29, 0.717) is 56.6 Å². The molecule has 8 nitrogen and oxygen atoms in total. The molecule has 2 aromatic carbocycles. The Kier molecular flexibility index (Phi) is 8.22. The normalized spacial score (nSPS) is 18.7. The van der Waals surface area contributed by atoms with Crippen molar-refractivity contribution in [2.75, 3.05) is 46.6 Å². The largest absolute Gasteiger partial charge is 0.493 e. The molecule has 1 aromatic heterocycles. The molecule has 3 aromatic rings. The van der Waals surface area contributed by atoms with Gasteiger partial charge in [0, 0.05) is 32.0 Å². The monoisotopic (exact) mass is 485 g/mol. The van der Waals surface area contributed by atoms with Crippen LogP contribution < -0.4 is 14.2 Å². The standard InChI is InChI=1S/C26H32FN3O5/c1-20-28-9-10-30(20)12-14-34-25-15-21(3-8-24(25)32-2)16-29-11-13-33-18-26(31,17-29)19-35-23-6-4-22(27)5-7-23/h3-10,15,31H,11-14,16-19H2,1-2H3/t26-/m0/s1. The summed E-state index contributed by atoms with van der Waals surface area (Å²) in [6.07, 6.45) is 3.70. The van der Waals surface area contributed by atoms with Crippen LogP contribution in [0.1, 0.15) is 11.4 Å². The molecule has 0 aliphatic carbocycles. The van der Waals surface area contributed by atoms with Crippen molar-refractivity contribution in [1.82, 2.24) is 14.5 Å². The van der Waals surface area contributed by atoms with Crippen LogP contribution in [0.4, 0.5) is 4.39 Å². The fraction of sp³-hybridized carbons (Fsp3) is 0.423. The lowest BCUT2D eigenvalue weighted by Gasteiger charge is -2.30. The Morgan fingerprint density at radius 1 is 1.14 bits per heavy atom. The lowest BCUT2D eigenvalue weighted by molar-refractivity contribution is -0.0646. The molecule has 1 fully saturated rings. The van der Waals surface area contributed by atoms with Crippen molar-refractivity contribution in [2.24, 2.45) is 0 Å². The molecule has 9 heteroatoms. The number of aliphatic hydroxyl groups is 1. The van der Waals surface area contributed by atoms with Crippen LogP contribution in [0.25, 0.3) is 0 Å². The lowest BCUT2D eigenvalue weighted by Crippen LogP contribution is -2.48. The van der Waals surface area contributed by atoms with Crippen LogP contribution in [0, 0.1) is 12.7 Å². The Morgan fingerprint density at radius 3 is 2.71 bits per heavy atom. The topological polar surface area (TPSA) is 78.2 Å². The van der Waals surface area contributed by atoms with Crippen LogP contribution in [0.5, 0.6) is 17.2 Å². The predicted octanol–water partition coefficient (Wildman–Crippen LogP) is 3.06. The molecule has 2 heterocycles. The first-order valence-electron chi connectivity index (χ1n) is 11.6. The number of β-amino-alcohol motifs (C(OH)–C–C–N with tert-alkyl or cyclic N) is 1. The summed E-state index contributed by atoms with van der Waals surface area (Å²) in [6, 6.07) is 11.6. The highest BCUT2D eigenvalue weighted by Crippen LogP contribution is 2.29. The van der Waals surface area contributed by atoms with Gasteiger partial charge in [-0.2, -0.15) is 0 Å². The van der Waals surface area contributed by atoms with Crippen molar-refractivity contribution in [2.45, 2.75) is 25.6 Å². The average Bonchev–Trinajstić information content (AvgIpc) is 3.16. The van der Waals surface area contributed by atoms with E-state index in [2.05, 4.69) is 9.88 Å². The van der Waals surface area contributed by atoms with Gasteiger partial charge < -0.3 is 28.6 Å². The van der Waals surface area contributed by atoms with E-state index >= 15 is 0 Å². The van der Waals surface area contributed by atoms with Crippen molar-refractivity contribution < 1.29 is 28.4 Å². The van der Waals surface area contributed by atoms with Crippen molar-refractivity contribution >= 4 is 0 Å². The second-order valence-corrected chi connectivity index (χ2v) is 8.73. The second-order valence-electron chi connectivity index (χ2n) is 8.73. The first-order chi connectivity index (χ1) is 16.9. The van der Waals surface area contributed by atoms with Crippen LogP contribution in [0.15, 0.2) is 54.9 Å². The van der Waals surface area contributed by atoms with Crippen LogP contribution >= 0.6 is 0 Å². The van der Waals surface area contributed by atoms with Crippen molar-refractivity contribution in [3.63, 3.8) is 0 Å². The number of aromatic nitrogens is 2. The van der Waals surface area contributed by atoms with E-state index in [1.165, 1.54) is 12.1 Å². The number of imidazole rings is 1. The molecule has 0 saturated carbocycles. The van der Waals surface area contributed by atoms with Crippen LogP contribution in [0.3, 0.4) is 0 Å². The molecule has 1 atom stereocenters. The highest BCUT2D eigenvalue weighted by atomic mass is 19.1. The summed E-state index contributed by atoms with van der Waals surface area (Å²) in [5, 5.41) is 11.2. The summed E-state index contributed by atoms with van der Waals surface area (Å²) in [5.74, 6) is 2.44. The summed E-state index contributed by atoms with van der Waals surface area (Å²) < 4.78 is 38.1. The maximum atomic E-state index is 13.1. The zero-order valence-electron chi connectivity index (χ0n) is 20.2. The molecule has 35 heavy (non-hydrogen) atoms. The molecule has 0 amide bonds. The molecule has 4 rings (SSSR count). The minimum Gasteiger partial charge on any atom is -0.493 e. The highest BCUT2D eigenvalue weighted by molar-refractivity contribution is 5.43. The summed E-state index contributed by atoms with van der Waals surface area (Å²) in [7, 11) is 1.62. The number of nitrogens with zero attached hydrogens (tertiary/aromatic N) is 3. The molecular formula is C26H32FN3O5. The Hall–Kier alpha value is -3.14. The molecule has 0 bridgehead atoms. The van der Waals surface area contributed by atoms with Gasteiger partial charge in [0.2, 0.25) is 0 Å². The van der Waals surface area contributed by atoms with Gasteiger partial charge in [-0.25, -0.2) is 9.37 Å². The Balaban J connectivity index is 1.37. The SMILES string of the molecule is COc1ccc(CN2CCOC[C@](O)(COc3ccc(F)cc3)C2)cc1OCCn1ccnc1C. The summed E-state index contributed by atoms with van der Waals surface area (Å²) in [5.41, 5.74) is -0.164. The van der Waals surface area contributed by atoms with E-state index in [-0.39, 0.29) is 19.0 Å². The number of hydrogen-bond acceptors (Lipinski definition) is 7. The van der Waals surface area contributed by atoms with Gasteiger partial charge in [0.05, 0.1) is 26.9 Å². The van der Waals surface area contributed by atoms with Crippen LogP contribution in [-0.2, 0) is 17.8 Å². The van der Waals surface area contributed by atoms with Gasteiger partial charge in [0.1, 0.15) is 36.2 Å². The second kappa shape index (κ2) is 11.5. The molecule has 188 valence electrons. The zero-order chi connectivity index (χ0) is 24.7. The smallest absolute Gasteiger partial charge is 0.161 e. The van der Waals surface area contributed by atoms with Gasteiger partial charge >= 0.3 is 0 Å². The summed E-state index contributed by atoms with van der Waals surface area (Å²) >= 11 is 0. The van der Waals surface area contributed by atoms with Gasteiger partial charge in [0.25, 0.3) is 0 Å². The van der Waals surface area contributed by atoms with E-state index in [4.69, 9.17) is 18.9 Å². The van der Waals surface area contributed by atoms with Gasteiger partial charge in [-0.15, -0.1) is 0 Å². The van der Waals surface area contributed by atoms with E-state index < -0.39 is 5.60 Å². The van der Waals surface area contributed by atoms with Crippen LogP contribution in [-0.4, -0.2) is 71.8 Å². The molecular weight excluding hydrogens is 453 g/mol. The van der Waals surface area contributed by atoms with Crippen molar-refractivity contribution in [1.29, 1.82) is 0 Å². The predicted molar refractivity (Wildman–Crippen MR) is 128 cm³/mol. The van der Waals surface area contributed by atoms with Gasteiger partial charge in [-0.1, -0.05) is 6.07 Å². The average molecular weight is 486 g/mol. The van der Waals surface area contributed by atoms with Gasteiger partial charge in [-0.3, -0.25) is 4.90 Å². The molecule has 1 aliphatic heterocycles. The molecule has 1 N–H and O–H groups in total. The number of halogens is 1. The molecule has 0 spiro atoms. The van der Waals surface area contributed by atoms with Crippen molar-refractivity contribution in [3.8, 4) is 17.2 Å². The maximum Gasteiger partial charge on any atom is 0.161 e. The maximum absolute atomic E-state index is 13.1. The number of methoxy groups -OCH3 is 1. The number of aryl methyl sites for hydroxylation is 1. The van der Waals surface area contributed by atoms with Gasteiger partial charge in [-0.05, 0) is 48.9 Å². The van der Waals surface area contributed by atoms with E-state index in [0.717, 1.165) is 11.4 Å². The third-order valence-electron chi connectivity index (χ3n) is 5.91. The quantitative estimate of drug-likeness (QED) is 0.473. The zero-order valence-corrected chi connectivity index (χ0v) is 20.2. The number of benzene rings is 2. The summed E-state index contributed by atoms with van der Waals surface area (Å²) in [6.45, 7) is 5.47. The minimum atomic E-state index is -1.20. The highest BCUT2D eigenvalue weighted by Gasteiger charge is 2.33.